The highest BCUT2D eigenvalue weighted by molar-refractivity contribution is 6.30. The van der Waals surface area contributed by atoms with Crippen LogP contribution in [0.4, 0.5) is 10.1 Å². The summed E-state index contributed by atoms with van der Waals surface area (Å²) in [4.78, 5) is 34.5. The van der Waals surface area contributed by atoms with Gasteiger partial charge in [-0.05, 0) is 85.7 Å². The first-order valence-electron chi connectivity index (χ1n) is 15.9. The van der Waals surface area contributed by atoms with Crippen molar-refractivity contribution >= 4 is 46.2 Å². The van der Waals surface area contributed by atoms with Crippen LogP contribution in [0, 0.1) is 17.7 Å². The van der Waals surface area contributed by atoms with Gasteiger partial charge in [-0.1, -0.05) is 35.9 Å². The fourth-order valence-corrected chi connectivity index (χ4v) is 6.44. The lowest BCUT2D eigenvalue weighted by atomic mass is 9.86. The van der Waals surface area contributed by atoms with Crippen molar-refractivity contribution in [3.8, 4) is 0 Å². The van der Waals surface area contributed by atoms with Crippen LogP contribution in [0.2, 0.25) is 5.02 Å². The van der Waals surface area contributed by atoms with E-state index in [1.54, 1.807) is 18.2 Å². The van der Waals surface area contributed by atoms with Crippen LogP contribution in [-0.2, 0) is 22.7 Å². The van der Waals surface area contributed by atoms with E-state index in [1.165, 1.54) is 30.7 Å². The summed E-state index contributed by atoms with van der Waals surface area (Å²) in [5.74, 6) is 1.12. The fourth-order valence-electron chi connectivity index (χ4n) is 6.28. The van der Waals surface area contributed by atoms with Crippen LogP contribution < -0.4 is 16.1 Å². The van der Waals surface area contributed by atoms with Crippen molar-refractivity contribution < 1.29 is 14.0 Å². The number of aromatic nitrogens is 2. The summed E-state index contributed by atoms with van der Waals surface area (Å²) in [7, 11) is 0. The second-order valence-corrected chi connectivity index (χ2v) is 12.7. The van der Waals surface area contributed by atoms with Gasteiger partial charge in [0.15, 0.2) is 0 Å². The van der Waals surface area contributed by atoms with Crippen molar-refractivity contribution in [2.75, 3.05) is 18.4 Å². The van der Waals surface area contributed by atoms with Crippen LogP contribution >= 0.6 is 11.6 Å². The van der Waals surface area contributed by atoms with Gasteiger partial charge in [0, 0.05) is 58.8 Å². The molecule has 9 nitrogen and oxygen atoms in total. The maximum absolute atomic E-state index is 14.4. The number of hydrogen-bond acceptors (Lipinski definition) is 7. The molecule has 2 aromatic carbocycles. The van der Waals surface area contributed by atoms with Gasteiger partial charge >= 0.3 is 0 Å². The summed E-state index contributed by atoms with van der Waals surface area (Å²) in [6.07, 6.45) is 15.5. The largest absolute Gasteiger partial charge is 0.381 e. The van der Waals surface area contributed by atoms with E-state index in [0.29, 0.717) is 41.7 Å². The second-order valence-electron chi connectivity index (χ2n) is 12.3. The number of halogens is 2. The highest BCUT2D eigenvalue weighted by Crippen LogP contribution is 2.40. The molecule has 1 aromatic heterocycles. The summed E-state index contributed by atoms with van der Waals surface area (Å²) in [6.45, 7) is 2.42. The van der Waals surface area contributed by atoms with E-state index >= 15 is 0 Å². The lowest BCUT2D eigenvalue weighted by molar-refractivity contribution is -0.113. The number of allylic oxidation sites excluding steroid dienone is 7. The van der Waals surface area contributed by atoms with Crippen LogP contribution in [-0.4, -0.2) is 45.9 Å². The highest BCUT2D eigenvalue weighted by atomic mass is 35.5. The van der Waals surface area contributed by atoms with Crippen molar-refractivity contribution in [2.45, 2.75) is 38.8 Å². The number of amides is 1. The molecular formula is C36H35ClFN7O2. The molecule has 1 amide bonds. The van der Waals surface area contributed by atoms with E-state index in [2.05, 4.69) is 37.1 Å². The molecule has 3 aromatic rings. The Balaban J connectivity index is 0.967. The third-order valence-corrected chi connectivity index (χ3v) is 9.20. The zero-order chi connectivity index (χ0) is 32.3. The predicted octanol–water partition coefficient (Wildman–Crippen LogP) is 6.05. The molecule has 0 radical (unpaired) electrons. The summed E-state index contributed by atoms with van der Waals surface area (Å²) >= 11 is 5.90. The molecule has 7 rings (SSSR count). The molecule has 2 aliphatic carbocycles. The number of nitrogens with zero attached hydrogens (tertiary/aromatic N) is 3. The summed E-state index contributed by atoms with van der Waals surface area (Å²) < 4.78 is 14.4. The Morgan fingerprint density at radius 1 is 1.13 bits per heavy atom. The second kappa shape index (κ2) is 13.5. The molecule has 4 N–H and O–H groups in total. The third-order valence-electron chi connectivity index (χ3n) is 8.96. The SMILES string of the molecule is O=C/C=C\C=C(/NCc1ccc(Cl)cc1F)C1=CCN(Cc2nc3ccc(NC(=O)C4=CC=C5NN=C(C6CC6)C5C4)cc3[nH]2)CC1. The molecule has 47 heavy (non-hydrogen) atoms. The molecule has 1 fully saturated rings. The quantitative estimate of drug-likeness (QED) is 0.114. The average molecular weight is 652 g/mol. The average Bonchev–Trinajstić information content (AvgIpc) is 3.70. The smallest absolute Gasteiger partial charge is 0.251 e. The normalized spacial score (nSPS) is 19.9. The number of imidazole rings is 1. The highest BCUT2D eigenvalue weighted by Gasteiger charge is 2.39. The Kier molecular flexibility index (Phi) is 8.86. The van der Waals surface area contributed by atoms with E-state index in [-0.39, 0.29) is 24.2 Å². The van der Waals surface area contributed by atoms with E-state index < -0.39 is 0 Å². The van der Waals surface area contributed by atoms with Gasteiger partial charge in [0.05, 0.1) is 23.3 Å². The van der Waals surface area contributed by atoms with Crippen LogP contribution in [0.3, 0.4) is 0 Å². The van der Waals surface area contributed by atoms with Crippen LogP contribution in [0.5, 0.6) is 0 Å². The van der Waals surface area contributed by atoms with Crippen LogP contribution in [0.15, 0.2) is 100 Å². The first-order chi connectivity index (χ1) is 22.9. The maximum Gasteiger partial charge on any atom is 0.251 e. The van der Waals surface area contributed by atoms with Crippen molar-refractivity contribution in [1.29, 1.82) is 0 Å². The molecule has 11 heteroatoms. The Bertz CT molecular complexity index is 1920. The molecule has 0 saturated heterocycles. The number of aromatic amines is 1. The number of H-pyrrole nitrogens is 1. The number of benzene rings is 2. The van der Waals surface area contributed by atoms with Gasteiger partial charge in [-0.3, -0.25) is 19.9 Å². The first-order valence-corrected chi connectivity index (χ1v) is 16.3. The number of anilines is 1. The molecule has 2 aliphatic heterocycles. The van der Waals surface area contributed by atoms with Crippen molar-refractivity contribution in [1.82, 2.24) is 25.6 Å². The van der Waals surface area contributed by atoms with Crippen LogP contribution in [0.25, 0.3) is 11.0 Å². The Labute approximate surface area is 277 Å². The molecule has 1 saturated carbocycles. The number of hydrogen-bond donors (Lipinski definition) is 4. The lowest BCUT2D eigenvalue weighted by Gasteiger charge is -2.27. The molecule has 0 spiro atoms. The number of carbonyl (C=O) groups is 2. The summed E-state index contributed by atoms with van der Waals surface area (Å²) in [5.41, 5.74) is 11.0. The maximum atomic E-state index is 14.4. The van der Waals surface area contributed by atoms with Gasteiger partial charge < -0.3 is 15.6 Å². The fraction of sp³-hybridized carbons (Fsp3) is 0.278. The van der Waals surface area contributed by atoms with Crippen molar-refractivity contribution in [2.24, 2.45) is 16.9 Å². The number of aldehydes is 1. The van der Waals surface area contributed by atoms with Gasteiger partial charge in [-0.15, -0.1) is 0 Å². The lowest BCUT2D eigenvalue weighted by Crippen LogP contribution is -2.30. The Morgan fingerprint density at radius 2 is 2.02 bits per heavy atom. The topological polar surface area (TPSA) is 115 Å². The van der Waals surface area contributed by atoms with Gasteiger partial charge in [0.1, 0.15) is 17.9 Å². The van der Waals surface area contributed by atoms with E-state index in [4.69, 9.17) is 16.6 Å². The number of carbonyl (C=O) groups excluding carboxylic acids is 2. The molecule has 4 aliphatic rings. The summed E-state index contributed by atoms with van der Waals surface area (Å²) in [6, 6.07) is 10.4. The van der Waals surface area contributed by atoms with Crippen LogP contribution in [0.1, 0.15) is 37.1 Å². The third kappa shape index (κ3) is 7.13. The number of rotatable bonds is 11. The van der Waals surface area contributed by atoms with E-state index in [0.717, 1.165) is 58.6 Å². The molecule has 3 heterocycles. The van der Waals surface area contributed by atoms with E-state index in [1.807, 2.05) is 36.4 Å². The molecule has 0 bridgehead atoms. The molecular weight excluding hydrogens is 617 g/mol. The zero-order valence-electron chi connectivity index (χ0n) is 25.7. The zero-order valence-corrected chi connectivity index (χ0v) is 26.5. The Morgan fingerprint density at radius 3 is 2.81 bits per heavy atom. The Hall–Kier alpha value is -4.80. The monoisotopic (exact) mass is 651 g/mol. The van der Waals surface area contributed by atoms with Crippen molar-refractivity contribution in [3.05, 3.63) is 118 Å². The minimum atomic E-state index is -0.367. The summed E-state index contributed by atoms with van der Waals surface area (Å²) in [5, 5.41) is 11.3. The number of nitrogens with one attached hydrogen (secondary N) is 4. The van der Waals surface area contributed by atoms with Gasteiger partial charge in [0.25, 0.3) is 5.91 Å². The number of fused-ring (bicyclic) bond motifs is 2. The van der Waals surface area contributed by atoms with Gasteiger partial charge in [0.2, 0.25) is 0 Å². The standard InChI is InChI=1S/C36H35ClFN7O2/c37-26-8-6-25(29(38)18-26)20-39-30(3-1-2-16-46)22-12-14-45(15-13-22)21-34-41-32-11-9-27(19-33(32)42-34)40-36(47)24-7-10-31-28(17-24)35(44-43-31)23-4-5-23/h1-3,6-12,16,18-19,23,28,39,43H,4-5,13-15,17,20-21H2,(H,40,47)(H,41,42)/b2-1-,30-3-. The van der Waals surface area contributed by atoms with Crippen molar-refractivity contribution in [3.63, 3.8) is 0 Å². The van der Waals surface area contributed by atoms with E-state index in [9.17, 15) is 14.0 Å². The number of hydrazone groups is 1. The molecule has 1 unspecified atom stereocenters. The molecule has 240 valence electrons. The minimum Gasteiger partial charge on any atom is -0.381 e. The van der Waals surface area contributed by atoms with Gasteiger partial charge in [-0.2, -0.15) is 5.10 Å². The minimum absolute atomic E-state index is 0.0970. The molecule has 1 atom stereocenters. The predicted molar refractivity (Wildman–Crippen MR) is 182 cm³/mol. The first kappa shape index (κ1) is 30.8. The van der Waals surface area contributed by atoms with Gasteiger partial charge in [-0.25, -0.2) is 9.37 Å².